The molecule has 1 saturated heterocycles. The minimum Gasteiger partial charge on any atom is -0.385 e. The van der Waals surface area contributed by atoms with E-state index in [0.717, 1.165) is 25.1 Å². The third-order valence-electron chi connectivity index (χ3n) is 6.14. The van der Waals surface area contributed by atoms with E-state index in [4.69, 9.17) is 0 Å². The summed E-state index contributed by atoms with van der Waals surface area (Å²) >= 11 is 0. The van der Waals surface area contributed by atoms with Crippen molar-refractivity contribution in [1.82, 2.24) is 14.8 Å². The number of aliphatic hydroxyl groups is 1. The molecular formula is C22H27N3O2. The van der Waals surface area contributed by atoms with Gasteiger partial charge >= 0.3 is 0 Å². The van der Waals surface area contributed by atoms with Gasteiger partial charge in [0.25, 0.3) is 0 Å². The summed E-state index contributed by atoms with van der Waals surface area (Å²) < 4.78 is 0. The van der Waals surface area contributed by atoms with Crippen molar-refractivity contribution >= 4 is 5.91 Å². The highest BCUT2D eigenvalue weighted by molar-refractivity contribution is 5.82. The summed E-state index contributed by atoms with van der Waals surface area (Å²) in [5.41, 5.74) is 2.57. The van der Waals surface area contributed by atoms with Crippen molar-refractivity contribution in [1.29, 1.82) is 0 Å². The van der Waals surface area contributed by atoms with E-state index in [-0.39, 0.29) is 11.9 Å². The van der Waals surface area contributed by atoms with Gasteiger partial charge in [0.1, 0.15) is 0 Å². The molecule has 1 aromatic carbocycles. The molecule has 5 heteroatoms. The fourth-order valence-electron chi connectivity index (χ4n) is 4.39. The second kappa shape index (κ2) is 7.41. The summed E-state index contributed by atoms with van der Waals surface area (Å²) in [5.74, 6) is 0.194. The molecule has 4 rings (SSSR count). The van der Waals surface area contributed by atoms with E-state index < -0.39 is 5.60 Å². The number of rotatable bonds is 3. The zero-order chi connectivity index (χ0) is 18.9. The Morgan fingerprint density at radius 2 is 1.93 bits per heavy atom. The molecule has 1 atom stereocenters. The first-order chi connectivity index (χ1) is 13.1. The maximum Gasteiger partial charge on any atom is 0.240 e. The Labute approximate surface area is 160 Å². The van der Waals surface area contributed by atoms with Gasteiger partial charge in [-0.05, 0) is 43.0 Å². The van der Waals surface area contributed by atoms with Crippen LogP contribution in [-0.2, 0) is 23.4 Å². The van der Waals surface area contributed by atoms with Crippen molar-refractivity contribution in [3.8, 4) is 0 Å². The third-order valence-corrected chi connectivity index (χ3v) is 6.14. The second-order valence-electron chi connectivity index (χ2n) is 7.65. The molecule has 0 bridgehead atoms. The van der Waals surface area contributed by atoms with Gasteiger partial charge in [-0.1, -0.05) is 37.3 Å². The Kier molecular flexibility index (Phi) is 4.98. The highest BCUT2D eigenvalue weighted by Crippen LogP contribution is 2.33. The summed E-state index contributed by atoms with van der Waals surface area (Å²) in [7, 11) is 0. The molecule has 1 amide bonds. The first-order valence-corrected chi connectivity index (χ1v) is 9.83. The van der Waals surface area contributed by atoms with Gasteiger partial charge in [0, 0.05) is 37.6 Å². The summed E-state index contributed by atoms with van der Waals surface area (Å²) in [5, 5.41) is 11.0. The van der Waals surface area contributed by atoms with E-state index in [2.05, 4.69) is 41.1 Å². The molecule has 2 aromatic rings. The number of piperidine rings is 1. The van der Waals surface area contributed by atoms with Gasteiger partial charge in [-0.2, -0.15) is 0 Å². The van der Waals surface area contributed by atoms with E-state index in [1.165, 1.54) is 11.1 Å². The Balaban J connectivity index is 1.46. The molecule has 27 heavy (non-hydrogen) atoms. The number of amides is 1. The molecule has 0 saturated carbocycles. The number of aromatic nitrogens is 1. The van der Waals surface area contributed by atoms with Crippen LogP contribution in [0.2, 0.25) is 0 Å². The normalized spacial score (nSPS) is 22.3. The lowest BCUT2D eigenvalue weighted by Gasteiger charge is -2.42. The van der Waals surface area contributed by atoms with Crippen molar-refractivity contribution in [2.75, 3.05) is 19.6 Å². The molecule has 1 N–H and O–H groups in total. The van der Waals surface area contributed by atoms with E-state index in [1.807, 2.05) is 17.0 Å². The molecule has 0 aliphatic carbocycles. The van der Waals surface area contributed by atoms with Gasteiger partial charge in [0.15, 0.2) is 0 Å². The summed E-state index contributed by atoms with van der Waals surface area (Å²) in [4.78, 5) is 21.6. The van der Waals surface area contributed by atoms with Crippen molar-refractivity contribution in [2.24, 2.45) is 0 Å². The van der Waals surface area contributed by atoms with E-state index in [9.17, 15) is 9.90 Å². The third kappa shape index (κ3) is 3.49. The molecule has 1 aromatic heterocycles. The van der Waals surface area contributed by atoms with E-state index in [1.54, 1.807) is 12.4 Å². The fourth-order valence-corrected chi connectivity index (χ4v) is 4.39. The maximum atomic E-state index is 13.3. The number of benzene rings is 1. The first kappa shape index (κ1) is 18.1. The number of carbonyl (C=O) groups is 1. The SMILES string of the molecule is CCN1Cc2ccccc2C[C@@H]1C(=O)N1CCC(O)(c2cccnc2)CC1. The highest BCUT2D eigenvalue weighted by atomic mass is 16.3. The molecule has 2 aliphatic heterocycles. The number of carbonyl (C=O) groups excluding carboxylic acids is 1. The van der Waals surface area contributed by atoms with Gasteiger partial charge < -0.3 is 10.0 Å². The highest BCUT2D eigenvalue weighted by Gasteiger charge is 2.39. The minimum absolute atomic E-state index is 0.102. The Bertz CT molecular complexity index is 800. The smallest absolute Gasteiger partial charge is 0.240 e. The van der Waals surface area contributed by atoms with Crippen molar-refractivity contribution < 1.29 is 9.90 Å². The number of nitrogens with zero attached hydrogens (tertiary/aromatic N) is 3. The largest absolute Gasteiger partial charge is 0.385 e. The summed E-state index contributed by atoms with van der Waals surface area (Å²) in [6.45, 7) is 4.97. The lowest BCUT2D eigenvalue weighted by Crippen LogP contribution is -2.54. The Morgan fingerprint density at radius 3 is 2.59 bits per heavy atom. The van der Waals surface area contributed by atoms with Crippen LogP contribution in [-0.4, -0.2) is 51.5 Å². The van der Waals surface area contributed by atoms with Crippen LogP contribution in [0.5, 0.6) is 0 Å². The van der Waals surface area contributed by atoms with Gasteiger partial charge in [0.05, 0.1) is 11.6 Å². The average Bonchev–Trinajstić information content (AvgIpc) is 2.73. The van der Waals surface area contributed by atoms with Crippen LogP contribution in [0.3, 0.4) is 0 Å². The molecule has 0 radical (unpaired) electrons. The lowest BCUT2D eigenvalue weighted by molar-refractivity contribution is -0.142. The first-order valence-electron chi connectivity index (χ1n) is 9.83. The monoisotopic (exact) mass is 365 g/mol. The zero-order valence-corrected chi connectivity index (χ0v) is 15.8. The van der Waals surface area contributed by atoms with Crippen LogP contribution >= 0.6 is 0 Å². The number of pyridine rings is 1. The predicted molar refractivity (Wildman–Crippen MR) is 104 cm³/mol. The van der Waals surface area contributed by atoms with Gasteiger partial charge in [0.2, 0.25) is 5.91 Å². The van der Waals surface area contributed by atoms with Gasteiger partial charge in [-0.25, -0.2) is 0 Å². The van der Waals surface area contributed by atoms with Crippen LogP contribution in [0, 0.1) is 0 Å². The lowest BCUT2D eigenvalue weighted by atomic mass is 9.85. The quantitative estimate of drug-likeness (QED) is 0.907. The fraction of sp³-hybridized carbons (Fsp3) is 0.455. The topological polar surface area (TPSA) is 56.7 Å². The maximum absolute atomic E-state index is 13.3. The van der Waals surface area contributed by atoms with E-state index in [0.29, 0.717) is 25.9 Å². The predicted octanol–water partition coefficient (Wildman–Crippen LogP) is 2.34. The number of likely N-dealkylation sites (N-methyl/N-ethyl adjacent to an activating group) is 1. The molecule has 5 nitrogen and oxygen atoms in total. The van der Waals surface area contributed by atoms with Crippen LogP contribution in [0.15, 0.2) is 48.8 Å². The van der Waals surface area contributed by atoms with E-state index >= 15 is 0 Å². The molecule has 3 heterocycles. The number of hydrogen-bond donors (Lipinski definition) is 1. The molecule has 1 fully saturated rings. The Hall–Kier alpha value is -2.24. The Morgan fingerprint density at radius 1 is 1.19 bits per heavy atom. The van der Waals surface area contributed by atoms with Crippen LogP contribution in [0.1, 0.15) is 36.5 Å². The minimum atomic E-state index is -0.880. The van der Waals surface area contributed by atoms with Gasteiger partial charge in [-0.3, -0.25) is 14.7 Å². The molecule has 2 aliphatic rings. The number of likely N-dealkylation sites (tertiary alicyclic amines) is 1. The molecule has 142 valence electrons. The number of hydrogen-bond acceptors (Lipinski definition) is 4. The van der Waals surface area contributed by atoms with Crippen LogP contribution < -0.4 is 0 Å². The van der Waals surface area contributed by atoms with Crippen molar-refractivity contribution in [3.63, 3.8) is 0 Å². The molecule has 0 spiro atoms. The van der Waals surface area contributed by atoms with Crippen LogP contribution in [0.4, 0.5) is 0 Å². The summed E-state index contributed by atoms with van der Waals surface area (Å²) in [6.07, 6.45) is 5.33. The summed E-state index contributed by atoms with van der Waals surface area (Å²) in [6, 6.07) is 12.1. The van der Waals surface area contributed by atoms with Crippen molar-refractivity contribution in [2.45, 2.75) is 44.4 Å². The average molecular weight is 365 g/mol. The molecule has 0 unspecified atom stereocenters. The second-order valence-corrected chi connectivity index (χ2v) is 7.65. The number of fused-ring (bicyclic) bond motifs is 1. The van der Waals surface area contributed by atoms with Crippen molar-refractivity contribution in [3.05, 3.63) is 65.5 Å². The zero-order valence-electron chi connectivity index (χ0n) is 15.8. The van der Waals surface area contributed by atoms with Gasteiger partial charge in [-0.15, -0.1) is 0 Å². The molecular weight excluding hydrogens is 338 g/mol. The standard InChI is InChI=1S/C22H27N3O2/c1-2-24-16-18-7-4-3-6-17(18)14-20(24)21(26)25-12-9-22(27,10-13-25)19-8-5-11-23-15-19/h3-8,11,15,20,27H,2,9-10,12-14,16H2,1H3/t20-/m1/s1. The van der Waals surface area contributed by atoms with Crippen LogP contribution in [0.25, 0.3) is 0 Å².